The quantitative estimate of drug-likeness (QED) is 0.571. The number of hydroxylamine groups is 2. The van der Waals surface area contributed by atoms with E-state index >= 15 is 0 Å². The third kappa shape index (κ3) is 5.43. The van der Waals surface area contributed by atoms with E-state index in [1.54, 1.807) is 46.8 Å². The molecule has 0 aromatic heterocycles. The van der Waals surface area contributed by atoms with Gasteiger partial charge in [0.15, 0.2) is 0 Å². The molecule has 0 saturated carbocycles. The van der Waals surface area contributed by atoms with Crippen molar-refractivity contribution in [3.63, 3.8) is 0 Å². The van der Waals surface area contributed by atoms with Crippen LogP contribution in [-0.2, 0) is 23.2 Å². The lowest BCUT2D eigenvalue weighted by Gasteiger charge is -2.32. The van der Waals surface area contributed by atoms with Gasteiger partial charge in [0.2, 0.25) is 5.85 Å². The molecule has 8 heteroatoms. The van der Waals surface area contributed by atoms with Crippen LogP contribution in [0.3, 0.4) is 0 Å². The van der Waals surface area contributed by atoms with Gasteiger partial charge in [-0.2, -0.15) is 5.06 Å². The Kier molecular flexibility index (Phi) is 6.41. The summed E-state index contributed by atoms with van der Waals surface area (Å²) in [7, 11) is -3.48. The monoisotopic (exact) mass is 321 g/mol. The third-order valence-electron chi connectivity index (χ3n) is 2.33. The van der Waals surface area contributed by atoms with Crippen molar-refractivity contribution in [3.8, 4) is 0 Å². The molecule has 0 aromatic rings. The average Bonchev–Trinajstić information content (AvgIpc) is 2.37. The van der Waals surface area contributed by atoms with Gasteiger partial charge in [-0.15, -0.1) is 0 Å². The first-order valence-corrected chi connectivity index (χ1v) is 8.55. The third-order valence-corrected chi connectivity index (χ3v) is 4.46. The molecule has 7 nitrogen and oxygen atoms in total. The first-order valence-electron chi connectivity index (χ1n) is 6.94. The van der Waals surface area contributed by atoms with E-state index in [4.69, 9.17) is 18.6 Å². The molecule has 0 radical (unpaired) electrons. The van der Waals surface area contributed by atoms with Crippen molar-refractivity contribution in [2.45, 2.75) is 46.1 Å². The van der Waals surface area contributed by atoms with Crippen LogP contribution in [0.4, 0.5) is 4.79 Å². The Morgan fingerprint density at radius 3 is 2.38 bits per heavy atom. The van der Waals surface area contributed by atoms with E-state index in [9.17, 15) is 9.36 Å². The standard InChI is InChI=1S/C13H24NO6P/c1-6-17-21(16,18-7-2)11-9-8-10-14(20-11)12(15)19-13(3,4)5/h8-9,11H,6-7,10H2,1-5H3. The highest BCUT2D eigenvalue weighted by Gasteiger charge is 2.40. The lowest BCUT2D eigenvalue weighted by Crippen LogP contribution is -2.41. The molecule has 1 heterocycles. The number of hydrogen-bond donors (Lipinski definition) is 0. The molecule has 1 rings (SSSR count). The number of rotatable bonds is 5. The largest absolute Gasteiger partial charge is 0.442 e. The van der Waals surface area contributed by atoms with Crippen molar-refractivity contribution in [1.29, 1.82) is 0 Å². The van der Waals surface area contributed by atoms with Gasteiger partial charge in [0.05, 0.1) is 19.8 Å². The summed E-state index contributed by atoms with van der Waals surface area (Å²) in [4.78, 5) is 17.4. The van der Waals surface area contributed by atoms with Crippen LogP contribution in [0.2, 0.25) is 0 Å². The van der Waals surface area contributed by atoms with Gasteiger partial charge >= 0.3 is 13.7 Å². The molecule has 1 atom stereocenters. The SMILES string of the molecule is CCOP(=O)(OCC)C1C=CCN(C(=O)OC(C)(C)C)O1. The zero-order valence-corrected chi connectivity index (χ0v) is 14.1. The summed E-state index contributed by atoms with van der Waals surface area (Å²) < 4.78 is 28.3. The van der Waals surface area contributed by atoms with E-state index in [0.29, 0.717) is 0 Å². The van der Waals surface area contributed by atoms with Crippen LogP contribution in [-0.4, -0.2) is 42.4 Å². The second kappa shape index (κ2) is 7.40. The minimum Gasteiger partial charge on any atom is -0.442 e. The molecular weight excluding hydrogens is 297 g/mol. The molecule has 1 amide bonds. The van der Waals surface area contributed by atoms with Gasteiger partial charge in [-0.05, 0) is 40.7 Å². The molecular formula is C13H24NO6P. The van der Waals surface area contributed by atoms with E-state index in [1.807, 2.05) is 0 Å². The maximum Gasteiger partial charge on any atom is 0.434 e. The topological polar surface area (TPSA) is 74.3 Å². The Hall–Kier alpha value is -0.880. The predicted octanol–water partition coefficient (Wildman–Crippen LogP) is 3.32. The summed E-state index contributed by atoms with van der Waals surface area (Å²) in [6, 6.07) is 0. The minimum atomic E-state index is -3.48. The maximum atomic E-state index is 12.6. The fourth-order valence-electron chi connectivity index (χ4n) is 1.62. The smallest absolute Gasteiger partial charge is 0.434 e. The molecule has 1 aliphatic heterocycles. The molecule has 0 spiro atoms. The van der Waals surface area contributed by atoms with Gasteiger partial charge in [-0.1, -0.05) is 6.08 Å². The summed E-state index contributed by atoms with van der Waals surface area (Å²) in [5, 5.41) is 1.01. The summed E-state index contributed by atoms with van der Waals surface area (Å²) in [5.74, 6) is -0.960. The molecule has 0 aliphatic carbocycles. The van der Waals surface area contributed by atoms with Gasteiger partial charge in [-0.3, -0.25) is 4.57 Å². The highest BCUT2D eigenvalue weighted by molar-refractivity contribution is 7.54. The fourth-order valence-corrected chi connectivity index (χ4v) is 3.27. The van der Waals surface area contributed by atoms with Crippen LogP contribution in [0.25, 0.3) is 0 Å². The molecule has 0 saturated heterocycles. The maximum absolute atomic E-state index is 12.6. The van der Waals surface area contributed by atoms with E-state index in [0.717, 1.165) is 5.06 Å². The second-order valence-corrected chi connectivity index (χ2v) is 7.45. The lowest BCUT2D eigenvalue weighted by atomic mass is 10.2. The van der Waals surface area contributed by atoms with Crippen LogP contribution in [0, 0.1) is 0 Å². The zero-order valence-electron chi connectivity index (χ0n) is 13.2. The number of carbonyl (C=O) groups excluding carboxylic acids is 1. The van der Waals surface area contributed by atoms with E-state index in [1.165, 1.54) is 0 Å². The van der Waals surface area contributed by atoms with Crippen LogP contribution >= 0.6 is 7.60 Å². The highest BCUT2D eigenvalue weighted by atomic mass is 31.2. The summed E-state index contributed by atoms with van der Waals surface area (Å²) in [5.41, 5.74) is -0.638. The first kappa shape index (κ1) is 18.2. The highest BCUT2D eigenvalue weighted by Crippen LogP contribution is 2.54. The summed E-state index contributed by atoms with van der Waals surface area (Å²) in [6.07, 6.45) is 2.60. The van der Waals surface area contributed by atoms with Crippen molar-refractivity contribution >= 4 is 13.7 Å². The van der Waals surface area contributed by atoms with Crippen LogP contribution in [0.1, 0.15) is 34.6 Å². The molecule has 1 unspecified atom stereocenters. The molecule has 0 aromatic carbocycles. The number of hydrogen-bond acceptors (Lipinski definition) is 6. The van der Waals surface area contributed by atoms with Gasteiger partial charge in [0.25, 0.3) is 0 Å². The molecule has 1 aliphatic rings. The van der Waals surface area contributed by atoms with Crippen molar-refractivity contribution < 1.29 is 28.0 Å². The van der Waals surface area contributed by atoms with Gasteiger partial charge in [-0.25, -0.2) is 9.63 Å². The average molecular weight is 321 g/mol. The normalized spacial score (nSPS) is 19.7. The molecule has 0 bridgehead atoms. The Balaban J connectivity index is 2.79. The molecule has 0 fully saturated rings. The number of nitrogens with zero attached hydrogens (tertiary/aromatic N) is 1. The van der Waals surface area contributed by atoms with Crippen LogP contribution in [0.15, 0.2) is 12.2 Å². The number of carbonyl (C=O) groups is 1. The lowest BCUT2D eigenvalue weighted by molar-refractivity contribution is -0.153. The second-order valence-electron chi connectivity index (χ2n) is 5.34. The first-order chi connectivity index (χ1) is 9.72. The van der Waals surface area contributed by atoms with Crippen molar-refractivity contribution in [2.24, 2.45) is 0 Å². The molecule has 0 N–H and O–H groups in total. The van der Waals surface area contributed by atoms with E-state index < -0.39 is 25.1 Å². The summed E-state index contributed by atoms with van der Waals surface area (Å²) >= 11 is 0. The fraction of sp³-hybridized carbons (Fsp3) is 0.769. The Labute approximate surface area is 125 Å². The van der Waals surface area contributed by atoms with Crippen molar-refractivity contribution in [3.05, 3.63) is 12.2 Å². The Morgan fingerprint density at radius 1 is 1.33 bits per heavy atom. The van der Waals surface area contributed by atoms with E-state index in [2.05, 4.69) is 0 Å². The number of amides is 1. The molecule has 122 valence electrons. The Morgan fingerprint density at radius 2 is 1.90 bits per heavy atom. The zero-order chi connectivity index (χ0) is 16.1. The summed E-state index contributed by atoms with van der Waals surface area (Å²) in [6.45, 7) is 9.35. The predicted molar refractivity (Wildman–Crippen MR) is 77.8 cm³/mol. The molecule has 21 heavy (non-hydrogen) atoms. The van der Waals surface area contributed by atoms with Crippen molar-refractivity contribution in [1.82, 2.24) is 5.06 Å². The Bertz CT molecular complexity index is 421. The van der Waals surface area contributed by atoms with Crippen LogP contribution < -0.4 is 0 Å². The van der Waals surface area contributed by atoms with Crippen molar-refractivity contribution in [2.75, 3.05) is 19.8 Å². The van der Waals surface area contributed by atoms with E-state index in [-0.39, 0.29) is 19.8 Å². The number of ether oxygens (including phenoxy) is 1. The van der Waals surface area contributed by atoms with Gasteiger partial charge in [0, 0.05) is 0 Å². The minimum absolute atomic E-state index is 0.212. The van der Waals surface area contributed by atoms with Crippen LogP contribution in [0.5, 0.6) is 0 Å². The van der Waals surface area contributed by atoms with Gasteiger partial charge in [0.1, 0.15) is 5.60 Å². The van der Waals surface area contributed by atoms with Gasteiger partial charge < -0.3 is 13.8 Å².